The Balaban J connectivity index is 2.64. The maximum atomic E-state index is 10.9. The highest BCUT2D eigenvalue weighted by atomic mass is 16.1. The molecule has 15 heavy (non-hydrogen) atoms. The number of fused-ring (bicyclic) bond motifs is 1. The molecular weight excluding hydrogens is 186 g/mol. The van der Waals surface area contributed by atoms with Gasteiger partial charge in [-0.2, -0.15) is 0 Å². The molecule has 2 unspecified atom stereocenters. The van der Waals surface area contributed by atoms with Crippen LogP contribution in [0, 0.1) is 6.92 Å². The molecule has 80 valence electrons. The molecule has 2 atom stereocenters. The summed E-state index contributed by atoms with van der Waals surface area (Å²) in [6.45, 7) is 6.50. The quantitative estimate of drug-likeness (QED) is 0.654. The van der Waals surface area contributed by atoms with Gasteiger partial charge in [-0.15, -0.1) is 0 Å². The Morgan fingerprint density at radius 1 is 1.33 bits per heavy atom. The van der Waals surface area contributed by atoms with Crippen LogP contribution in [0.25, 0.3) is 0 Å². The first kappa shape index (κ1) is 10.2. The zero-order chi connectivity index (χ0) is 11.2. The number of hydrogen-bond donors (Lipinski definition) is 0. The molecule has 0 N–H and O–H groups in total. The van der Waals surface area contributed by atoms with E-state index in [1.807, 2.05) is 13.0 Å². The minimum absolute atomic E-state index is 0.505. The Hall–Kier alpha value is -1.31. The Morgan fingerprint density at radius 3 is 2.60 bits per heavy atom. The summed E-state index contributed by atoms with van der Waals surface area (Å²) in [6.07, 6.45) is 0.950. The molecule has 0 spiro atoms. The second-order valence-electron chi connectivity index (χ2n) is 4.47. The molecule has 2 rings (SSSR count). The Bertz CT molecular complexity index is 411. The normalized spacial score (nSPS) is 24.1. The van der Waals surface area contributed by atoms with E-state index in [1.54, 1.807) is 0 Å². The highest BCUT2D eigenvalue weighted by Crippen LogP contribution is 2.42. The first-order valence-electron chi connectivity index (χ1n) is 5.39. The minimum atomic E-state index is 0.505. The monoisotopic (exact) mass is 203 g/mol. The molecule has 0 fully saturated rings. The van der Waals surface area contributed by atoms with Crippen molar-refractivity contribution in [3.8, 4) is 0 Å². The fourth-order valence-corrected chi connectivity index (χ4v) is 2.54. The average molecular weight is 203 g/mol. The van der Waals surface area contributed by atoms with Crippen molar-refractivity contribution < 1.29 is 4.79 Å². The van der Waals surface area contributed by atoms with Crippen molar-refractivity contribution in [3.63, 3.8) is 0 Å². The molecule has 0 saturated heterocycles. The van der Waals surface area contributed by atoms with E-state index in [0.717, 1.165) is 17.4 Å². The summed E-state index contributed by atoms with van der Waals surface area (Å²) in [5.74, 6) is 0.505. The van der Waals surface area contributed by atoms with Crippen LogP contribution >= 0.6 is 0 Å². The second-order valence-corrected chi connectivity index (χ2v) is 4.47. The zero-order valence-corrected chi connectivity index (χ0v) is 9.74. The van der Waals surface area contributed by atoms with Gasteiger partial charge in [-0.05, 0) is 37.1 Å². The summed E-state index contributed by atoms with van der Waals surface area (Å²) in [7, 11) is 2.12. The highest BCUT2D eigenvalue weighted by molar-refractivity contribution is 5.81. The molecule has 1 aliphatic rings. The Kier molecular flexibility index (Phi) is 2.29. The molecule has 1 aromatic rings. The van der Waals surface area contributed by atoms with Gasteiger partial charge >= 0.3 is 0 Å². The van der Waals surface area contributed by atoms with Crippen molar-refractivity contribution in [2.45, 2.75) is 32.7 Å². The van der Waals surface area contributed by atoms with Crippen LogP contribution in [0.3, 0.4) is 0 Å². The summed E-state index contributed by atoms with van der Waals surface area (Å²) in [4.78, 5) is 13.2. The van der Waals surface area contributed by atoms with Crippen molar-refractivity contribution in [3.05, 3.63) is 28.8 Å². The summed E-state index contributed by atoms with van der Waals surface area (Å²) < 4.78 is 0. The van der Waals surface area contributed by atoms with Gasteiger partial charge in [-0.1, -0.05) is 6.92 Å². The van der Waals surface area contributed by atoms with E-state index >= 15 is 0 Å². The third-order valence-corrected chi connectivity index (χ3v) is 3.83. The molecule has 2 nitrogen and oxygen atoms in total. The van der Waals surface area contributed by atoms with Gasteiger partial charge in [-0.3, -0.25) is 4.79 Å². The fraction of sp³-hybridized carbons (Fsp3) is 0.462. The van der Waals surface area contributed by atoms with Crippen LogP contribution in [0.2, 0.25) is 0 Å². The maximum absolute atomic E-state index is 10.9. The van der Waals surface area contributed by atoms with Crippen molar-refractivity contribution in [1.29, 1.82) is 0 Å². The van der Waals surface area contributed by atoms with Gasteiger partial charge in [0.05, 0.1) is 0 Å². The Morgan fingerprint density at radius 2 is 2.00 bits per heavy atom. The molecule has 2 heteroatoms. The number of anilines is 1. The fourth-order valence-electron chi connectivity index (χ4n) is 2.54. The molecule has 1 aromatic carbocycles. The van der Waals surface area contributed by atoms with E-state index < -0.39 is 0 Å². The third-order valence-electron chi connectivity index (χ3n) is 3.83. The number of carbonyl (C=O) groups is 1. The van der Waals surface area contributed by atoms with Crippen LogP contribution in [-0.2, 0) is 0 Å². The first-order valence-corrected chi connectivity index (χ1v) is 5.39. The lowest BCUT2D eigenvalue weighted by Gasteiger charge is -2.20. The SMILES string of the molecule is Cc1c(C=O)ccc2c1C(C)C(C)N2C. The van der Waals surface area contributed by atoms with Gasteiger partial charge in [0.25, 0.3) is 0 Å². The summed E-state index contributed by atoms with van der Waals surface area (Å²) in [5, 5.41) is 0. The predicted octanol–water partition coefficient (Wildman–Crippen LogP) is 2.75. The van der Waals surface area contributed by atoms with E-state index in [0.29, 0.717) is 12.0 Å². The van der Waals surface area contributed by atoms with Crippen molar-refractivity contribution >= 4 is 12.0 Å². The van der Waals surface area contributed by atoms with E-state index in [-0.39, 0.29) is 0 Å². The van der Waals surface area contributed by atoms with Gasteiger partial charge in [-0.25, -0.2) is 0 Å². The predicted molar refractivity (Wildman–Crippen MR) is 62.8 cm³/mol. The topological polar surface area (TPSA) is 20.3 Å². The average Bonchev–Trinajstić information content (AvgIpc) is 2.45. The molecule has 0 amide bonds. The number of nitrogens with zero attached hydrogens (tertiary/aromatic N) is 1. The van der Waals surface area contributed by atoms with Crippen molar-refractivity contribution in [2.75, 3.05) is 11.9 Å². The number of hydrogen-bond acceptors (Lipinski definition) is 2. The molecule has 1 heterocycles. The lowest BCUT2D eigenvalue weighted by atomic mass is 9.92. The molecule has 1 aliphatic heterocycles. The number of aldehydes is 1. The minimum Gasteiger partial charge on any atom is -0.371 e. The molecular formula is C13H17NO. The standard InChI is InChI=1S/C13H17NO/c1-8-10(3)14(4)12-6-5-11(7-15)9(2)13(8)12/h5-8,10H,1-4H3. The van der Waals surface area contributed by atoms with Crippen LogP contribution in [-0.4, -0.2) is 19.4 Å². The highest BCUT2D eigenvalue weighted by Gasteiger charge is 2.31. The molecule has 0 radical (unpaired) electrons. The number of rotatable bonds is 1. The van der Waals surface area contributed by atoms with Crippen LogP contribution in [0.5, 0.6) is 0 Å². The first-order chi connectivity index (χ1) is 7.07. The van der Waals surface area contributed by atoms with Crippen LogP contribution in [0.1, 0.15) is 41.3 Å². The molecule has 0 aliphatic carbocycles. The van der Waals surface area contributed by atoms with Crippen LogP contribution in [0.15, 0.2) is 12.1 Å². The summed E-state index contributed by atoms with van der Waals surface area (Å²) >= 11 is 0. The van der Waals surface area contributed by atoms with Crippen LogP contribution in [0.4, 0.5) is 5.69 Å². The van der Waals surface area contributed by atoms with Crippen molar-refractivity contribution in [2.24, 2.45) is 0 Å². The van der Waals surface area contributed by atoms with E-state index in [9.17, 15) is 4.79 Å². The molecule has 0 bridgehead atoms. The van der Waals surface area contributed by atoms with E-state index in [2.05, 4.69) is 31.9 Å². The van der Waals surface area contributed by atoms with Gasteiger partial charge < -0.3 is 4.90 Å². The maximum Gasteiger partial charge on any atom is 0.150 e. The zero-order valence-electron chi connectivity index (χ0n) is 9.74. The lowest BCUT2D eigenvalue weighted by Crippen LogP contribution is -2.25. The Labute approximate surface area is 90.9 Å². The lowest BCUT2D eigenvalue weighted by molar-refractivity contribution is 0.112. The van der Waals surface area contributed by atoms with Crippen LogP contribution < -0.4 is 4.90 Å². The van der Waals surface area contributed by atoms with Gasteiger partial charge in [0.2, 0.25) is 0 Å². The molecule has 0 saturated carbocycles. The van der Waals surface area contributed by atoms with E-state index in [1.165, 1.54) is 11.3 Å². The van der Waals surface area contributed by atoms with Gasteiger partial charge in [0, 0.05) is 30.3 Å². The number of likely N-dealkylation sites (N-methyl/N-ethyl adjacent to an activating group) is 1. The molecule has 0 aromatic heterocycles. The van der Waals surface area contributed by atoms with E-state index in [4.69, 9.17) is 0 Å². The third kappa shape index (κ3) is 1.28. The summed E-state index contributed by atoms with van der Waals surface area (Å²) in [6, 6.07) is 4.50. The number of carbonyl (C=O) groups excluding carboxylic acids is 1. The van der Waals surface area contributed by atoms with Gasteiger partial charge in [0.1, 0.15) is 6.29 Å². The second kappa shape index (κ2) is 3.37. The largest absolute Gasteiger partial charge is 0.371 e. The number of benzene rings is 1. The van der Waals surface area contributed by atoms with Crippen molar-refractivity contribution in [1.82, 2.24) is 0 Å². The summed E-state index contributed by atoms with van der Waals surface area (Å²) in [5.41, 5.74) is 4.59. The van der Waals surface area contributed by atoms with Gasteiger partial charge in [0.15, 0.2) is 0 Å². The smallest absolute Gasteiger partial charge is 0.150 e.